The third-order valence-electron chi connectivity index (χ3n) is 3.03. The van der Waals surface area contributed by atoms with E-state index in [1.54, 1.807) is 25.3 Å². The van der Waals surface area contributed by atoms with Gasteiger partial charge >= 0.3 is 0 Å². The predicted octanol–water partition coefficient (Wildman–Crippen LogP) is 4.07. The fourth-order valence-corrected chi connectivity index (χ4v) is 2.12. The molecule has 4 nitrogen and oxygen atoms in total. The van der Waals surface area contributed by atoms with Crippen LogP contribution in [-0.4, -0.2) is 18.8 Å². The molecule has 21 heavy (non-hydrogen) atoms. The summed E-state index contributed by atoms with van der Waals surface area (Å²) >= 11 is 6.13. The molecule has 2 rings (SSSR count). The van der Waals surface area contributed by atoms with E-state index < -0.39 is 0 Å². The lowest BCUT2D eigenvalue weighted by molar-refractivity contribution is 0.317. The topological polar surface area (TPSA) is 50.7 Å². The van der Waals surface area contributed by atoms with Gasteiger partial charge in [0.15, 0.2) is 11.5 Å². The van der Waals surface area contributed by atoms with E-state index in [4.69, 9.17) is 21.1 Å². The van der Waals surface area contributed by atoms with Gasteiger partial charge in [-0.25, -0.2) is 0 Å². The lowest BCUT2D eigenvalue weighted by Gasteiger charge is -2.13. The summed E-state index contributed by atoms with van der Waals surface area (Å²) in [6, 6.07) is 10.8. The Hall–Kier alpha value is -2.07. The second-order valence-electron chi connectivity index (χ2n) is 4.40. The number of para-hydroxylation sites is 1. The molecule has 2 aromatic carbocycles. The molecule has 0 heterocycles. The molecule has 0 aromatic heterocycles. The minimum Gasteiger partial charge on any atom is -0.504 e. The number of anilines is 1. The van der Waals surface area contributed by atoms with E-state index in [-0.39, 0.29) is 5.75 Å². The first-order valence-corrected chi connectivity index (χ1v) is 7.04. The van der Waals surface area contributed by atoms with Gasteiger partial charge in [0.25, 0.3) is 0 Å². The van der Waals surface area contributed by atoms with Crippen LogP contribution in [0.2, 0.25) is 5.02 Å². The van der Waals surface area contributed by atoms with E-state index in [1.165, 1.54) is 0 Å². The number of halogens is 1. The second-order valence-corrected chi connectivity index (χ2v) is 4.80. The molecule has 0 bridgehead atoms. The molecule has 0 unspecified atom stereocenters. The van der Waals surface area contributed by atoms with Crippen molar-refractivity contribution in [1.29, 1.82) is 0 Å². The van der Waals surface area contributed by atoms with Gasteiger partial charge in [0.05, 0.1) is 24.4 Å². The van der Waals surface area contributed by atoms with Gasteiger partial charge in [0.2, 0.25) is 0 Å². The fourth-order valence-electron chi connectivity index (χ4n) is 1.94. The molecule has 2 N–H and O–H groups in total. The molecule has 0 aliphatic rings. The number of benzene rings is 2. The summed E-state index contributed by atoms with van der Waals surface area (Å²) in [7, 11) is 1.60. The van der Waals surface area contributed by atoms with Crippen LogP contribution in [0.5, 0.6) is 17.2 Å². The number of phenols is 1. The third-order valence-corrected chi connectivity index (χ3v) is 3.35. The van der Waals surface area contributed by atoms with Gasteiger partial charge in [-0.1, -0.05) is 23.7 Å². The number of aromatic hydroxyl groups is 1. The van der Waals surface area contributed by atoms with Crippen molar-refractivity contribution in [3.05, 3.63) is 47.0 Å². The van der Waals surface area contributed by atoms with E-state index in [2.05, 4.69) is 5.32 Å². The maximum absolute atomic E-state index is 10.1. The van der Waals surface area contributed by atoms with Gasteiger partial charge in [-0.15, -0.1) is 0 Å². The monoisotopic (exact) mass is 307 g/mol. The summed E-state index contributed by atoms with van der Waals surface area (Å²) < 4.78 is 10.5. The molecule has 0 spiro atoms. The average molecular weight is 308 g/mol. The Bertz CT molecular complexity index is 616. The number of phenolic OH excluding ortho intramolecular Hbond substituents is 1. The van der Waals surface area contributed by atoms with Gasteiger partial charge in [-0.2, -0.15) is 0 Å². The molecule has 0 radical (unpaired) electrons. The zero-order chi connectivity index (χ0) is 15.2. The van der Waals surface area contributed by atoms with Crippen molar-refractivity contribution in [2.75, 3.05) is 19.0 Å². The molecule has 0 aliphatic carbocycles. The zero-order valence-corrected chi connectivity index (χ0v) is 12.8. The Labute approximate surface area is 129 Å². The van der Waals surface area contributed by atoms with Crippen LogP contribution in [0.25, 0.3) is 0 Å². The molecular weight excluding hydrogens is 290 g/mol. The maximum atomic E-state index is 10.1. The highest BCUT2D eigenvalue weighted by Crippen LogP contribution is 2.32. The normalized spacial score (nSPS) is 10.2. The molecule has 0 aliphatic heterocycles. The van der Waals surface area contributed by atoms with Gasteiger partial charge in [-0.05, 0) is 25.1 Å². The first kappa shape index (κ1) is 15.3. The Kier molecular flexibility index (Phi) is 5.17. The van der Waals surface area contributed by atoms with Gasteiger partial charge in [0.1, 0.15) is 5.75 Å². The maximum Gasteiger partial charge on any atom is 0.162 e. The molecule has 0 atom stereocenters. The lowest BCUT2D eigenvalue weighted by Crippen LogP contribution is -2.02. The van der Waals surface area contributed by atoms with Crippen molar-refractivity contribution in [2.45, 2.75) is 13.5 Å². The summed E-state index contributed by atoms with van der Waals surface area (Å²) in [6.45, 7) is 2.81. The first-order chi connectivity index (χ1) is 10.2. The molecule has 0 amide bonds. The highest BCUT2D eigenvalue weighted by atomic mass is 35.5. The van der Waals surface area contributed by atoms with Crippen molar-refractivity contribution in [3.8, 4) is 17.2 Å². The molecule has 112 valence electrons. The molecule has 0 saturated heterocycles. The molecule has 0 fully saturated rings. The highest BCUT2D eigenvalue weighted by Gasteiger charge is 2.09. The second kappa shape index (κ2) is 7.09. The minimum atomic E-state index is 0.144. The van der Waals surface area contributed by atoms with E-state index in [0.717, 1.165) is 11.3 Å². The molecular formula is C16H18ClNO3. The van der Waals surface area contributed by atoms with Gasteiger partial charge in [0, 0.05) is 18.2 Å². The molecule has 5 heteroatoms. The highest BCUT2D eigenvalue weighted by molar-refractivity contribution is 6.33. The van der Waals surface area contributed by atoms with Crippen molar-refractivity contribution >= 4 is 17.3 Å². The number of hydrogen-bond donors (Lipinski definition) is 2. The quantitative estimate of drug-likeness (QED) is 0.845. The number of nitrogens with one attached hydrogen (secondary N) is 1. The Morgan fingerprint density at radius 2 is 2.05 bits per heavy atom. The summed E-state index contributed by atoms with van der Waals surface area (Å²) in [5.41, 5.74) is 1.48. The first-order valence-electron chi connectivity index (χ1n) is 6.66. The van der Waals surface area contributed by atoms with E-state index >= 15 is 0 Å². The van der Waals surface area contributed by atoms with Crippen LogP contribution in [0.15, 0.2) is 36.4 Å². The van der Waals surface area contributed by atoms with E-state index in [0.29, 0.717) is 29.7 Å². The van der Waals surface area contributed by atoms with Crippen LogP contribution >= 0.6 is 11.6 Å². The summed E-state index contributed by atoms with van der Waals surface area (Å²) in [4.78, 5) is 0. The van der Waals surface area contributed by atoms with Crippen LogP contribution in [0.3, 0.4) is 0 Å². The number of rotatable bonds is 6. The minimum absolute atomic E-state index is 0.144. The standard InChI is InChI=1S/C16H18ClNO3/c1-3-21-15-6-4-5-11(16(15)19)10-18-14-9-12(20-2)7-8-13(14)17/h4-9,18-19H,3,10H2,1-2H3. The zero-order valence-electron chi connectivity index (χ0n) is 12.0. The van der Waals surface area contributed by atoms with Crippen molar-refractivity contribution in [3.63, 3.8) is 0 Å². The average Bonchev–Trinajstić information content (AvgIpc) is 2.50. The van der Waals surface area contributed by atoms with Gasteiger partial charge < -0.3 is 19.9 Å². The fraction of sp³-hybridized carbons (Fsp3) is 0.250. The molecule has 2 aromatic rings. The van der Waals surface area contributed by atoms with Crippen LogP contribution in [-0.2, 0) is 6.54 Å². The summed E-state index contributed by atoms with van der Waals surface area (Å²) in [5, 5.41) is 13.9. The predicted molar refractivity (Wildman–Crippen MR) is 84.6 cm³/mol. The van der Waals surface area contributed by atoms with Crippen LogP contribution in [0, 0.1) is 0 Å². The van der Waals surface area contributed by atoms with Crippen LogP contribution in [0.4, 0.5) is 5.69 Å². The number of hydrogen-bond acceptors (Lipinski definition) is 4. The van der Waals surface area contributed by atoms with E-state index in [9.17, 15) is 5.11 Å². The summed E-state index contributed by atoms with van der Waals surface area (Å²) in [5.74, 6) is 1.34. The van der Waals surface area contributed by atoms with Crippen molar-refractivity contribution in [2.24, 2.45) is 0 Å². The van der Waals surface area contributed by atoms with Crippen molar-refractivity contribution in [1.82, 2.24) is 0 Å². The Morgan fingerprint density at radius 1 is 1.24 bits per heavy atom. The number of ether oxygens (including phenoxy) is 2. The lowest BCUT2D eigenvalue weighted by atomic mass is 10.1. The van der Waals surface area contributed by atoms with Crippen molar-refractivity contribution < 1.29 is 14.6 Å². The SMILES string of the molecule is CCOc1cccc(CNc2cc(OC)ccc2Cl)c1O. The van der Waals surface area contributed by atoms with E-state index in [1.807, 2.05) is 25.1 Å². The number of methoxy groups -OCH3 is 1. The smallest absolute Gasteiger partial charge is 0.162 e. The van der Waals surface area contributed by atoms with Crippen LogP contribution < -0.4 is 14.8 Å². The van der Waals surface area contributed by atoms with Crippen LogP contribution in [0.1, 0.15) is 12.5 Å². The third kappa shape index (κ3) is 3.73. The van der Waals surface area contributed by atoms with Gasteiger partial charge in [-0.3, -0.25) is 0 Å². The molecule has 0 saturated carbocycles. The Balaban J connectivity index is 2.15. The summed E-state index contributed by atoms with van der Waals surface area (Å²) in [6.07, 6.45) is 0. The Morgan fingerprint density at radius 3 is 2.76 bits per heavy atom. The largest absolute Gasteiger partial charge is 0.504 e.